The smallest absolute Gasteiger partial charge is 0.0229 e. The molecule has 2 heteroatoms. The third-order valence-corrected chi connectivity index (χ3v) is 2.23. The van der Waals surface area contributed by atoms with Crippen LogP contribution in [0.1, 0.15) is 13.3 Å². The Hall–Kier alpha value is -0.0800. The van der Waals surface area contributed by atoms with Gasteiger partial charge in [-0.1, -0.05) is 13.3 Å². The predicted molar refractivity (Wildman–Crippen MR) is 39.5 cm³/mol. The molecule has 2 atom stereocenters. The normalized spacial score (nSPS) is 35.3. The molecule has 54 valence electrons. The maximum atomic E-state index is 3.36. The van der Waals surface area contributed by atoms with Gasteiger partial charge in [0.05, 0.1) is 0 Å². The molecule has 0 aromatic rings. The zero-order chi connectivity index (χ0) is 6.69. The highest BCUT2D eigenvalue weighted by molar-refractivity contribution is 4.84. The molecule has 1 aliphatic heterocycles. The molecule has 0 aliphatic carbocycles. The summed E-state index contributed by atoms with van der Waals surface area (Å²) >= 11 is 0. The zero-order valence-electron chi connectivity index (χ0n) is 6.28. The topological polar surface area (TPSA) is 24.1 Å². The highest BCUT2D eigenvalue weighted by Crippen LogP contribution is 2.11. The Labute approximate surface area is 57.0 Å². The van der Waals surface area contributed by atoms with E-state index >= 15 is 0 Å². The van der Waals surface area contributed by atoms with E-state index in [0.717, 1.165) is 18.5 Å². The van der Waals surface area contributed by atoms with Gasteiger partial charge < -0.3 is 10.6 Å². The zero-order valence-corrected chi connectivity index (χ0v) is 6.28. The first-order chi connectivity index (χ1) is 4.38. The van der Waals surface area contributed by atoms with Gasteiger partial charge >= 0.3 is 0 Å². The first-order valence-electron chi connectivity index (χ1n) is 3.76. The Balaban J connectivity index is 2.32. The summed E-state index contributed by atoms with van der Waals surface area (Å²) < 4.78 is 0. The van der Waals surface area contributed by atoms with Crippen LogP contribution in [0.15, 0.2) is 0 Å². The minimum absolute atomic E-state index is 0.718. The number of hydrogen-bond donors (Lipinski definition) is 2. The summed E-state index contributed by atoms with van der Waals surface area (Å²) in [5, 5.41) is 6.66. The summed E-state index contributed by atoms with van der Waals surface area (Å²) in [5.74, 6) is 0.856. The molecule has 0 bridgehead atoms. The lowest BCUT2D eigenvalue weighted by atomic mass is 10.0. The largest absolute Gasteiger partial charge is 0.315 e. The van der Waals surface area contributed by atoms with Crippen LogP contribution in [0.2, 0.25) is 0 Å². The van der Waals surface area contributed by atoms with Crippen LogP contribution in [-0.2, 0) is 0 Å². The summed E-state index contributed by atoms with van der Waals surface area (Å²) in [6, 6.07) is 0.718. The van der Waals surface area contributed by atoms with Crippen LogP contribution in [-0.4, -0.2) is 26.2 Å². The molecular weight excluding hydrogens is 112 g/mol. The fourth-order valence-electron chi connectivity index (χ4n) is 1.50. The van der Waals surface area contributed by atoms with Gasteiger partial charge in [-0.3, -0.25) is 0 Å². The number of hydrogen-bond acceptors (Lipinski definition) is 2. The highest BCUT2D eigenvalue weighted by atomic mass is 15.0. The van der Waals surface area contributed by atoms with Crippen LogP contribution in [0, 0.1) is 5.92 Å². The quantitative estimate of drug-likeness (QED) is 0.555. The lowest BCUT2D eigenvalue weighted by molar-refractivity contribution is 0.443. The van der Waals surface area contributed by atoms with E-state index in [0.29, 0.717) is 0 Å². The fraction of sp³-hybridized carbons (Fsp3) is 1.00. The Morgan fingerprint density at radius 2 is 2.33 bits per heavy atom. The molecule has 1 saturated heterocycles. The lowest BCUT2D eigenvalue weighted by Gasteiger charge is -2.14. The van der Waals surface area contributed by atoms with Crippen LogP contribution >= 0.6 is 0 Å². The van der Waals surface area contributed by atoms with E-state index in [4.69, 9.17) is 0 Å². The van der Waals surface area contributed by atoms with Crippen molar-refractivity contribution in [1.29, 1.82) is 0 Å². The molecule has 0 aromatic carbocycles. The van der Waals surface area contributed by atoms with E-state index in [2.05, 4.69) is 17.6 Å². The molecule has 1 heterocycles. The number of nitrogens with one attached hydrogen (secondary N) is 2. The van der Waals surface area contributed by atoms with Crippen molar-refractivity contribution >= 4 is 0 Å². The predicted octanol–water partition coefficient (Wildman–Crippen LogP) is 0.204. The molecule has 0 radical (unpaired) electrons. The second-order valence-corrected chi connectivity index (χ2v) is 2.72. The summed E-state index contributed by atoms with van der Waals surface area (Å²) in [7, 11) is 2.04. The fourth-order valence-corrected chi connectivity index (χ4v) is 1.50. The van der Waals surface area contributed by atoms with Gasteiger partial charge in [0, 0.05) is 12.6 Å². The van der Waals surface area contributed by atoms with E-state index in [-0.39, 0.29) is 0 Å². The van der Waals surface area contributed by atoms with Gasteiger partial charge in [-0.2, -0.15) is 0 Å². The van der Waals surface area contributed by atoms with Crippen LogP contribution in [0.4, 0.5) is 0 Å². The van der Waals surface area contributed by atoms with Crippen molar-refractivity contribution in [3.05, 3.63) is 0 Å². The standard InChI is InChI=1S/C7H16N2/c1-3-6-4-9-5-7(6)8-2/h6-9H,3-5H2,1-2H3. The molecular formula is C7H16N2. The molecule has 0 saturated carbocycles. The van der Waals surface area contributed by atoms with Crippen molar-refractivity contribution in [3.63, 3.8) is 0 Å². The van der Waals surface area contributed by atoms with Crippen LogP contribution in [0.5, 0.6) is 0 Å². The minimum Gasteiger partial charge on any atom is -0.315 e. The molecule has 0 aromatic heterocycles. The molecule has 1 aliphatic rings. The molecule has 1 rings (SSSR count). The Kier molecular flexibility index (Phi) is 2.49. The number of likely N-dealkylation sites (N-methyl/N-ethyl adjacent to an activating group) is 1. The molecule has 2 nitrogen and oxygen atoms in total. The van der Waals surface area contributed by atoms with Crippen molar-refractivity contribution in [3.8, 4) is 0 Å². The Morgan fingerprint density at radius 1 is 1.56 bits per heavy atom. The Bertz CT molecular complexity index is 73.0. The summed E-state index contributed by atoms with van der Waals surface area (Å²) in [6.07, 6.45) is 1.29. The van der Waals surface area contributed by atoms with Crippen LogP contribution in [0.25, 0.3) is 0 Å². The maximum Gasteiger partial charge on any atom is 0.0229 e. The van der Waals surface area contributed by atoms with Gasteiger partial charge in [-0.05, 0) is 19.5 Å². The molecule has 9 heavy (non-hydrogen) atoms. The lowest BCUT2D eigenvalue weighted by Crippen LogP contribution is -2.32. The molecule has 2 N–H and O–H groups in total. The van der Waals surface area contributed by atoms with Crippen molar-refractivity contribution < 1.29 is 0 Å². The molecule has 1 fully saturated rings. The molecule has 2 unspecified atom stereocenters. The van der Waals surface area contributed by atoms with Crippen molar-refractivity contribution in [1.82, 2.24) is 10.6 Å². The van der Waals surface area contributed by atoms with Gasteiger partial charge in [-0.15, -0.1) is 0 Å². The van der Waals surface area contributed by atoms with E-state index < -0.39 is 0 Å². The Morgan fingerprint density at radius 3 is 2.78 bits per heavy atom. The summed E-state index contributed by atoms with van der Waals surface area (Å²) in [5.41, 5.74) is 0. The maximum absolute atomic E-state index is 3.36. The van der Waals surface area contributed by atoms with E-state index in [1.54, 1.807) is 0 Å². The van der Waals surface area contributed by atoms with Crippen LogP contribution in [0.3, 0.4) is 0 Å². The molecule has 0 amide bonds. The van der Waals surface area contributed by atoms with Gasteiger partial charge in [-0.25, -0.2) is 0 Å². The average molecular weight is 128 g/mol. The average Bonchev–Trinajstić information content (AvgIpc) is 2.33. The SMILES string of the molecule is CCC1CNCC1NC. The minimum atomic E-state index is 0.718. The van der Waals surface area contributed by atoms with Gasteiger partial charge in [0.2, 0.25) is 0 Å². The first kappa shape index (κ1) is 7.03. The van der Waals surface area contributed by atoms with E-state index in [9.17, 15) is 0 Å². The first-order valence-corrected chi connectivity index (χ1v) is 3.76. The van der Waals surface area contributed by atoms with Gasteiger partial charge in [0.15, 0.2) is 0 Å². The highest BCUT2D eigenvalue weighted by Gasteiger charge is 2.22. The molecule has 0 spiro atoms. The van der Waals surface area contributed by atoms with E-state index in [1.165, 1.54) is 13.0 Å². The second-order valence-electron chi connectivity index (χ2n) is 2.72. The monoisotopic (exact) mass is 128 g/mol. The van der Waals surface area contributed by atoms with Gasteiger partial charge in [0.25, 0.3) is 0 Å². The van der Waals surface area contributed by atoms with Crippen molar-refractivity contribution in [2.24, 2.45) is 5.92 Å². The third-order valence-electron chi connectivity index (χ3n) is 2.23. The third kappa shape index (κ3) is 1.43. The van der Waals surface area contributed by atoms with Crippen molar-refractivity contribution in [2.45, 2.75) is 19.4 Å². The van der Waals surface area contributed by atoms with Crippen LogP contribution < -0.4 is 10.6 Å². The number of rotatable bonds is 2. The van der Waals surface area contributed by atoms with Crippen molar-refractivity contribution in [2.75, 3.05) is 20.1 Å². The summed E-state index contributed by atoms with van der Waals surface area (Å²) in [6.45, 7) is 4.60. The van der Waals surface area contributed by atoms with Gasteiger partial charge in [0.1, 0.15) is 0 Å². The van der Waals surface area contributed by atoms with E-state index in [1.807, 2.05) is 7.05 Å². The summed E-state index contributed by atoms with van der Waals surface area (Å²) in [4.78, 5) is 0. The second kappa shape index (κ2) is 3.18.